The fourth-order valence-corrected chi connectivity index (χ4v) is 3.03. The molecule has 9 heteroatoms. The molecule has 1 aliphatic rings. The van der Waals surface area contributed by atoms with Crippen molar-refractivity contribution >= 4 is 23.5 Å². The summed E-state index contributed by atoms with van der Waals surface area (Å²) in [6.07, 6.45) is 1.07. The summed E-state index contributed by atoms with van der Waals surface area (Å²) >= 11 is 1.49. The van der Waals surface area contributed by atoms with Crippen molar-refractivity contribution in [1.82, 2.24) is 25.5 Å². The van der Waals surface area contributed by atoms with Gasteiger partial charge in [-0.05, 0) is 41.1 Å². The SMILES string of the molecule is C[C@H]1Cc2cc(NC(=O)NCCSc3nnnn3C)ccc2O1. The lowest BCUT2D eigenvalue weighted by molar-refractivity contribution is 0.252. The highest BCUT2D eigenvalue weighted by molar-refractivity contribution is 7.99. The number of carbonyl (C=O) groups excluding carboxylic acids is 1. The van der Waals surface area contributed by atoms with E-state index in [1.54, 1.807) is 11.7 Å². The molecular weight excluding hydrogens is 316 g/mol. The molecule has 3 rings (SSSR count). The van der Waals surface area contributed by atoms with Gasteiger partial charge >= 0.3 is 6.03 Å². The van der Waals surface area contributed by atoms with Crippen LogP contribution in [-0.4, -0.2) is 44.6 Å². The number of hydrogen-bond donors (Lipinski definition) is 2. The Morgan fingerprint density at radius 2 is 2.39 bits per heavy atom. The average Bonchev–Trinajstić information content (AvgIpc) is 3.08. The molecule has 2 amide bonds. The van der Waals surface area contributed by atoms with Crippen LogP contribution in [0.5, 0.6) is 5.75 Å². The largest absolute Gasteiger partial charge is 0.490 e. The summed E-state index contributed by atoms with van der Waals surface area (Å²) in [6.45, 7) is 2.55. The molecule has 1 aromatic carbocycles. The van der Waals surface area contributed by atoms with Crippen LogP contribution in [0.2, 0.25) is 0 Å². The van der Waals surface area contributed by atoms with Gasteiger partial charge in [-0.2, -0.15) is 0 Å². The highest BCUT2D eigenvalue weighted by atomic mass is 32.2. The molecule has 2 N–H and O–H groups in total. The first-order valence-electron chi connectivity index (χ1n) is 7.31. The first-order chi connectivity index (χ1) is 11.1. The summed E-state index contributed by atoms with van der Waals surface area (Å²) in [5, 5.41) is 17.5. The van der Waals surface area contributed by atoms with Gasteiger partial charge in [-0.25, -0.2) is 9.48 Å². The number of aryl methyl sites for hydroxylation is 1. The molecule has 8 nitrogen and oxygen atoms in total. The number of rotatable bonds is 5. The van der Waals surface area contributed by atoms with Crippen LogP contribution in [0, 0.1) is 0 Å². The molecule has 1 aliphatic heterocycles. The molecule has 2 heterocycles. The van der Waals surface area contributed by atoms with E-state index < -0.39 is 0 Å². The third-order valence-corrected chi connectivity index (χ3v) is 4.37. The third kappa shape index (κ3) is 3.92. The number of fused-ring (bicyclic) bond motifs is 1. The van der Waals surface area contributed by atoms with Crippen LogP contribution in [0.3, 0.4) is 0 Å². The Bertz CT molecular complexity index is 704. The van der Waals surface area contributed by atoms with E-state index >= 15 is 0 Å². The van der Waals surface area contributed by atoms with Gasteiger partial charge in [0.1, 0.15) is 11.9 Å². The zero-order chi connectivity index (χ0) is 16.2. The number of hydrogen-bond acceptors (Lipinski definition) is 6. The van der Waals surface area contributed by atoms with E-state index in [1.807, 2.05) is 25.1 Å². The van der Waals surface area contributed by atoms with Gasteiger partial charge in [0.2, 0.25) is 5.16 Å². The molecule has 23 heavy (non-hydrogen) atoms. The van der Waals surface area contributed by atoms with Gasteiger partial charge < -0.3 is 15.4 Å². The number of tetrazole rings is 1. The van der Waals surface area contributed by atoms with Crippen molar-refractivity contribution in [2.75, 3.05) is 17.6 Å². The standard InChI is InChI=1S/C14H18N6O2S/c1-9-7-10-8-11(3-4-12(10)22-9)16-13(21)15-5-6-23-14-17-18-19-20(14)2/h3-4,8-9H,5-7H2,1-2H3,(H2,15,16,21)/t9-/m0/s1. The van der Waals surface area contributed by atoms with E-state index in [1.165, 1.54) is 11.8 Å². The van der Waals surface area contributed by atoms with Crippen LogP contribution in [0.15, 0.2) is 23.4 Å². The fraction of sp³-hybridized carbons (Fsp3) is 0.429. The topological polar surface area (TPSA) is 94.0 Å². The Labute approximate surface area is 138 Å². The van der Waals surface area contributed by atoms with Gasteiger partial charge in [-0.3, -0.25) is 0 Å². The summed E-state index contributed by atoms with van der Waals surface area (Å²) < 4.78 is 7.24. The minimum absolute atomic E-state index is 0.196. The average molecular weight is 334 g/mol. The van der Waals surface area contributed by atoms with Gasteiger partial charge in [-0.15, -0.1) is 5.10 Å². The van der Waals surface area contributed by atoms with Crippen molar-refractivity contribution in [1.29, 1.82) is 0 Å². The minimum atomic E-state index is -0.228. The maximum absolute atomic E-state index is 11.9. The van der Waals surface area contributed by atoms with Gasteiger partial charge in [0.25, 0.3) is 0 Å². The number of amides is 2. The molecule has 0 aliphatic carbocycles. The van der Waals surface area contributed by atoms with Crippen LogP contribution < -0.4 is 15.4 Å². The zero-order valence-electron chi connectivity index (χ0n) is 12.9. The first kappa shape index (κ1) is 15.6. The second-order valence-electron chi connectivity index (χ2n) is 5.27. The van der Waals surface area contributed by atoms with Crippen LogP contribution in [0.4, 0.5) is 10.5 Å². The molecule has 0 radical (unpaired) electrons. The van der Waals surface area contributed by atoms with E-state index in [9.17, 15) is 4.79 Å². The molecule has 1 atom stereocenters. The number of benzene rings is 1. The highest BCUT2D eigenvalue weighted by Gasteiger charge is 2.19. The summed E-state index contributed by atoms with van der Waals surface area (Å²) in [5.41, 5.74) is 1.89. The van der Waals surface area contributed by atoms with E-state index in [0.29, 0.717) is 12.3 Å². The molecule has 0 unspecified atom stereocenters. The fourth-order valence-electron chi connectivity index (χ4n) is 2.33. The molecule has 0 saturated carbocycles. The van der Waals surface area contributed by atoms with Crippen LogP contribution >= 0.6 is 11.8 Å². The molecule has 0 bridgehead atoms. The molecular formula is C14H18N6O2S. The molecule has 122 valence electrons. The number of urea groups is 1. The van der Waals surface area contributed by atoms with E-state index in [4.69, 9.17) is 4.74 Å². The Hall–Kier alpha value is -2.29. The molecule has 0 fully saturated rings. The lowest BCUT2D eigenvalue weighted by atomic mass is 10.1. The van der Waals surface area contributed by atoms with Crippen molar-refractivity contribution in [2.45, 2.75) is 24.6 Å². The number of carbonyl (C=O) groups is 1. The second-order valence-corrected chi connectivity index (χ2v) is 6.33. The molecule has 1 aromatic heterocycles. The van der Waals surface area contributed by atoms with Crippen molar-refractivity contribution in [3.63, 3.8) is 0 Å². The first-order valence-corrected chi connectivity index (χ1v) is 8.30. The monoisotopic (exact) mass is 334 g/mol. The van der Waals surface area contributed by atoms with Crippen molar-refractivity contribution in [3.8, 4) is 5.75 Å². The van der Waals surface area contributed by atoms with Gasteiger partial charge in [-0.1, -0.05) is 11.8 Å². The van der Waals surface area contributed by atoms with E-state index in [2.05, 4.69) is 26.2 Å². The second kappa shape index (κ2) is 6.86. The molecule has 0 spiro atoms. The number of aromatic nitrogens is 4. The summed E-state index contributed by atoms with van der Waals surface area (Å²) in [5.74, 6) is 1.59. The van der Waals surface area contributed by atoms with E-state index in [-0.39, 0.29) is 12.1 Å². The smallest absolute Gasteiger partial charge is 0.319 e. The van der Waals surface area contributed by atoms with Crippen LogP contribution in [0.25, 0.3) is 0 Å². The Morgan fingerprint density at radius 1 is 1.52 bits per heavy atom. The molecule has 2 aromatic rings. The van der Waals surface area contributed by atoms with Crippen molar-refractivity contribution in [3.05, 3.63) is 23.8 Å². The van der Waals surface area contributed by atoms with Gasteiger partial charge in [0.15, 0.2) is 0 Å². The predicted molar refractivity (Wildman–Crippen MR) is 86.8 cm³/mol. The number of nitrogens with zero attached hydrogens (tertiary/aromatic N) is 4. The summed E-state index contributed by atoms with van der Waals surface area (Å²) in [6, 6.07) is 5.47. The summed E-state index contributed by atoms with van der Waals surface area (Å²) in [7, 11) is 1.78. The normalized spacial score (nSPS) is 15.8. The van der Waals surface area contributed by atoms with Crippen molar-refractivity contribution < 1.29 is 9.53 Å². The quantitative estimate of drug-likeness (QED) is 0.635. The maximum atomic E-state index is 11.9. The number of ether oxygens (including phenoxy) is 1. The lowest BCUT2D eigenvalue weighted by Crippen LogP contribution is -2.30. The predicted octanol–water partition coefficient (Wildman–Crippen LogP) is 1.45. The maximum Gasteiger partial charge on any atom is 0.319 e. The molecule has 0 saturated heterocycles. The lowest BCUT2D eigenvalue weighted by Gasteiger charge is -2.08. The van der Waals surface area contributed by atoms with Crippen molar-refractivity contribution in [2.24, 2.45) is 7.05 Å². The number of anilines is 1. The van der Waals surface area contributed by atoms with Gasteiger partial charge in [0.05, 0.1) is 0 Å². The van der Waals surface area contributed by atoms with Crippen LogP contribution in [-0.2, 0) is 13.5 Å². The third-order valence-electron chi connectivity index (χ3n) is 3.35. The highest BCUT2D eigenvalue weighted by Crippen LogP contribution is 2.30. The van der Waals surface area contributed by atoms with E-state index in [0.717, 1.165) is 28.6 Å². The number of nitrogens with one attached hydrogen (secondary N) is 2. The Morgan fingerprint density at radius 3 is 3.17 bits per heavy atom. The van der Waals surface area contributed by atoms with Crippen LogP contribution in [0.1, 0.15) is 12.5 Å². The minimum Gasteiger partial charge on any atom is -0.490 e. The Balaban J connectivity index is 1.43. The zero-order valence-corrected chi connectivity index (χ0v) is 13.8. The van der Waals surface area contributed by atoms with Gasteiger partial charge in [0, 0.05) is 31.5 Å². The number of thioether (sulfide) groups is 1. The Kier molecular flexibility index (Phi) is 4.65. The summed E-state index contributed by atoms with van der Waals surface area (Å²) in [4.78, 5) is 11.9.